The quantitative estimate of drug-likeness (QED) is 0.323. The first-order chi connectivity index (χ1) is 17.8. The van der Waals surface area contributed by atoms with Crippen molar-refractivity contribution < 1.29 is 4.79 Å². The number of aromatic amines is 1. The highest BCUT2D eigenvalue weighted by atomic mass is 16.2. The third kappa shape index (κ3) is 4.57. The lowest BCUT2D eigenvalue weighted by Crippen LogP contribution is -2.43. The molecule has 2 saturated carbocycles. The first-order valence-electron chi connectivity index (χ1n) is 13.7. The molecule has 0 saturated heterocycles. The highest BCUT2D eigenvalue weighted by Gasteiger charge is 2.35. The summed E-state index contributed by atoms with van der Waals surface area (Å²) < 4.78 is 2.26. The van der Waals surface area contributed by atoms with E-state index < -0.39 is 0 Å². The minimum atomic E-state index is -0.251. The van der Waals surface area contributed by atoms with Gasteiger partial charge in [-0.15, -0.1) is 0 Å². The molecule has 1 unspecified atom stereocenters. The number of carbonyl (C=O) groups is 1. The maximum atomic E-state index is 14.1. The van der Waals surface area contributed by atoms with E-state index in [2.05, 4.69) is 62.3 Å². The maximum absolute atomic E-state index is 14.1. The van der Waals surface area contributed by atoms with Gasteiger partial charge in [-0.05, 0) is 43.7 Å². The molecule has 0 aliphatic heterocycles. The lowest BCUT2D eigenvalue weighted by Gasteiger charge is -2.33. The van der Waals surface area contributed by atoms with Crippen LogP contribution in [0.25, 0.3) is 33.8 Å². The van der Waals surface area contributed by atoms with Gasteiger partial charge in [-0.1, -0.05) is 74.9 Å². The van der Waals surface area contributed by atoms with E-state index >= 15 is 0 Å². The zero-order valence-electron chi connectivity index (χ0n) is 20.8. The van der Waals surface area contributed by atoms with Gasteiger partial charge in [0.05, 0.1) is 11.0 Å². The molecule has 0 spiro atoms. The molecule has 2 fully saturated rings. The van der Waals surface area contributed by atoms with Crippen LogP contribution in [0.1, 0.15) is 70.3 Å². The summed E-state index contributed by atoms with van der Waals surface area (Å²) >= 11 is 0. The summed E-state index contributed by atoms with van der Waals surface area (Å²) in [7, 11) is 0. The molecule has 2 N–H and O–H groups in total. The van der Waals surface area contributed by atoms with E-state index in [0.717, 1.165) is 59.5 Å². The first-order valence-corrected chi connectivity index (χ1v) is 13.7. The maximum Gasteiger partial charge on any atom is 0.243 e. The van der Waals surface area contributed by atoms with Crippen LogP contribution in [0.3, 0.4) is 0 Å². The number of H-pyrrole nitrogens is 1. The average Bonchev–Trinajstić information content (AvgIpc) is 3.60. The van der Waals surface area contributed by atoms with Gasteiger partial charge in [0.15, 0.2) is 0 Å². The average molecular weight is 482 g/mol. The van der Waals surface area contributed by atoms with E-state index in [0.29, 0.717) is 12.0 Å². The smallest absolute Gasteiger partial charge is 0.243 e. The molecule has 2 aliphatic carbocycles. The normalized spacial score (nSPS) is 18.3. The summed E-state index contributed by atoms with van der Waals surface area (Å²) in [5.41, 5.74) is 4.03. The van der Waals surface area contributed by atoms with Gasteiger partial charge in [0.2, 0.25) is 5.91 Å². The summed E-state index contributed by atoms with van der Waals surface area (Å²) in [5.74, 6) is 2.21. The highest BCUT2D eigenvalue weighted by Crippen LogP contribution is 2.39. The largest absolute Gasteiger partial charge is 0.352 e. The van der Waals surface area contributed by atoms with Crippen LogP contribution in [0.2, 0.25) is 0 Å². The van der Waals surface area contributed by atoms with Crippen molar-refractivity contribution in [3.63, 3.8) is 0 Å². The molecule has 6 rings (SSSR count). The Labute approximate surface area is 212 Å². The molecule has 1 atom stereocenters. The fraction of sp³-hybridized carbons (Fsp3) is 0.433. The molecule has 4 aromatic rings. The Morgan fingerprint density at radius 2 is 1.58 bits per heavy atom. The number of para-hydroxylation sites is 2. The number of benzene rings is 2. The molecule has 1 amide bonds. The van der Waals surface area contributed by atoms with Crippen LogP contribution in [-0.2, 0) is 4.79 Å². The zero-order valence-corrected chi connectivity index (χ0v) is 20.8. The van der Waals surface area contributed by atoms with Crippen molar-refractivity contribution >= 4 is 16.9 Å². The molecule has 2 aliphatic rings. The molecule has 6 nitrogen and oxygen atoms in total. The highest BCUT2D eigenvalue weighted by molar-refractivity contribution is 5.87. The molecule has 2 aromatic heterocycles. The minimum Gasteiger partial charge on any atom is -0.352 e. The van der Waals surface area contributed by atoms with Crippen molar-refractivity contribution in [1.29, 1.82) is 0 Å². The molecule has 6 heteroatoms. The monoisotopic (exact) mass is 481 g/mol. The lowest BCUT2D eigenvalue weighted by molar-refractivity contribution is -0.127. The number of imidazole rings is 2. The van der Waals surface area contributed by atoms with Crippen molar-refractivity contribution in [2.75, 3.05) is 0 Å². The fourth-order valence-electron chi connectivity index (χ4n) is 6.26. The van der Waals surface area contributed by atoms with Crippen LogP contribution < -0.4 is 5.32 Å². The predicted octanol–water partition coefficient (Wildman–Crippen LogP) is 6.66. The third-order valence-electron chi connectivity index (χ3n) is 8.11. The van der Waals surface area contributed by atoms with Crippen LogP contribution in [0, 0.1) is 5.92 Å². The Bertz CT molecular complexity index is 1300. The van der Waals surface area contributed by atoms with E-state index in [9.17, 15) is 4.79 Å². The van der Waals surface area contributed by atoms with Gasteiger partial charge < -0.3 is 14.9 Å². The number of amides is 1. The molecule has 36 heavy (non-hydrogen) atoms. The number of hydrogen-bond donors (Lipinski definition) is 2. The van der Waals surface area contributed by atoms with Gasteiger partial charge in [0.25, 0.3) is 0 Å². The number of nitrogens with zero attached hydrogens (tertiary/aromatic N) is 3. The number of nitrogens with one attached hydrogen (secondary N) is 2. The van der Waals surface area contributed by atoms with E-state index in [1.54, 1.807) is 6.20 Å². The Balaban J connectivity index is 1.43. The minimum absolute atomic E-state index is 0.172. The van der Waals surface area contributed by atoms with E-state index in [1.807, 2.05) is 12.3 Å². The van der Waals surface area contributed by atoms with Crippen molar-refractivity contribution in [3.8, 4) is 22.8 Å². The topological polar surface area (TPSA) is 75.6 Å². The standard InChI is InChI=1S/C30H35N5O/c36-30(33-24-11-5-2-6-12-24)27(21-9-3-1-4-10-21)35-26-14-8-7-13-25(26)34-29(35)23-17-15-22(16-18-23)28-31-19-20-32-28/h7-8,13-21,24,27H,1-6,9-12H2,(H,31,32)(H,33,36). The van der Waals surface area contributed by atoms with Crippen LogP contribution in [-0.4, -0.2) is 31.5 Å². The van der Waals surface area contributed by atoms with Crippen molar-refractivity contribution in [1.82, 2.24) is 24.8 Å². The Kier molecular flexibility index (Phi) is 6.58. The van der Waals surface area contributed by atoms with E-state index in [4.69, 9.17) is 4.98 Å². The van der Waals surface area contributed by atoms with Crippen molar-refractivity contribution in [2.24, 2.45) is 5.92 Å². The molecule has 2 heterocycles. The van der Waals surface area contributed by atoms with Crippen LogP contribution in [0.5, 0.6) is 0 Å². The number of fused-ring (bicyclic) bond motifs is 1. The number of aromatic nitrogens is 4. The summed E-state index contributed by atoms with van der Waals surface area (Å²) in [5, 5.41) is 3.48. The molecular weight excluding hydrogens is 446 g/mol. The van der Waals surface area contributed by atoms with Crippen molar-refractivity contribution in [3.05, 3.63) is 60.9 Å². The summed E-state index contributed by atoms with van der Waals surface area (Å²) in [6, 6.07) is 16.7. The van der Waals surface area contributed by atoms with Crippen LogP contribution in [0.4, 0.5) is 0 Å². The summed E-state index contributed by atoms with van der Waals surface area (Å²) in [6.45, 7) is 0. The van der Waals surface area contributed by atoms with E-state index in [-0.39, 0.29) is 11.9 Å². The Morgan fingerprint density at radius 3 is 2.31 bits per heavy atom. The first kappa shape index (κ1) is 23.0. The molecule has 186 valence electrons. The van der Waals surface area contributed by atoms with Crippen LogP contribution in [0.15, 0.2) is 60.9 Å². The third-order valence-corrected chi connectivity index (χ3v) is 8.11. The molecule has 2 aromatic carbocycles. The molecular formula is C30H35N5O. The van der Waals surface area contributed by atoms with Gasteiger partial charge >= 0.3 is 0 Å². The number of rotatable bonds is 6. The second-order valence-electron chi connectivity index (χ2n) is 10.5. The zero-order chi connectivity index (χ0) is 24.3. The fourth-order valence-corrected chi connectivity index (χ4v) is 6.26. The second-order valence-corrected chi connectivity index (χ2v) is 10.5. The predicted molar refractivity (Wildman–Crippen MR) is 143 cm³/mol. The molecule has 0 bridgehead atoms. The number of carbonyl (C=O) groups excluding carboxylic acids is 1. The number of hydrogen-bond acceptors (Lipinski definition) is 3. The SMILES string of the molecule is O=C(NC1CCCCC1)C(C1CCCCC1)n1c(-c2ccc(-c3ncc[nH]3)cc2)nc2ccccc21. The molecule has 0 radical (unpaired) electrons. The Hall–Kier alpha value is -3.41. The van der Waals surface area contributed by atoms with Gasteiger partial charge in [-0.2, -0.15) is 0 Å². The van der Waals surface area contributed by atoms with E-state index in [1.165, 1.54) is 38.5 Å². The summed E-state index contributed by atoms with van der Waals surface area (Å²) in [4.78, 5) is 26.7. The summed E-state index contributed by atoms with van der Waals surface area (Å²) in [6.07, 6.45) is 15.3. The van der Waals surface area contributed by atoms with Gasteiger partial charge in [-0.3, -0.25) is 4.79 Å². The lowest BCUT2D eigenvalue weighted by atomic mass is 9.82. The van der Waals surface area contributed by atoms with Gasteiger partial charge in [0, 0.05) is 29.6 Å². The second kappa shape index (κ2) is 10.3. The Morgan fingerprint density at radius 1 is 0.889 bits per heavy atom. The van der Waals surface area contributed by atoms with Gasteiger partial charge in [-0.25, -0.2) is 9.97 Å². The van der Waals surface area contributed by atoms with Gasteiger partial charge in [0.1, 0.15) is 17.7 Å². The van der Waals surface area contributed by atoms with Crippen molar-refractivity contribution in [2.45, 2.75) is 76.3 Å². The van der Waals surface area contributed by atoms with Crippen LogP contribution >= 0.6 is 0 Å².